The molecule has 0 spiro atoms. The van der Waals surface area contributed by atoms with Crippen molar-refractivity contribution in [3.05, 3.63) is 78.1 Å². The second-order valence-electron chi connectivity index (χ2n) is 7.85. The molecule has 0 aliphatic carbocycles. The molecule has 2 aromatic heterocycles. The molecule has 2 heterocycles. The third kappa shape index (κ3) is 5.64. The summed E-state index contributed by atoms with van der Waals surface area (Å²) in [6, 6.07) is 12.8. The Kier molecular flexibility index (Phi) is 6.52. The molecule has 4 rings (SSSR count). The van der Waals surface area contributed by atoms with Gasteiger partial charge in [-0.15, -0.1) is 0 Å². The lowest BCUT2D eigenvalue weighted by Gasteiger charge is -2.13. The summed E-state index contributed by atoms with van der Waals surface area (Å²) in [5, 5.41) is 2.64. The second kappa shape index (κ2) is 9.55. The summed E-state index contributed by atoms with van der Waals surface area (Å²) in [5.41, 5.74) is 1.41. The lowest BCUT2D eigenvalue weighted by atomic mass is 10.2. The summed E-state index contributed by atoms with van der Waals surface area (Å²) in [5.74, 6) is 2.55. The highest BCUT2D eigenvalue weighted by atomic mass is 32.2. The number of imidazole rings is 1. The number of aryl methyl sites for hydroxylation is 3. The number of hydrogen-bond donors (Lipinski definition) is 2. The van der Waals surface area contributed by atoms with Gasteiger partial charge in [0.25, 0.3) is 10.0 Å². The zero-order valence-corrected chi connectivity index (χ0v) is 20.4. The zero-order chi connectivity index (χ0) is 25.2. The molecule has 35 heavy (non-hydrogen) atoms. The van der Waals surface area contributed by atoms with Crippen LogP contribution in [0, 0.1) is 20.8 Å². The number of carbonyl (C=O) groups excluding carboxylic acids is 1. The molecule has 0 aliphatic rings. The van der Waals surface area contributed by atoms with E-state index in [1.54, 1.807) is 68.7 Å². The zero-order valence-electron chi connectivity index (χ0n) is 19.6. The fraction of sp³-hybridized carbons (Fsp3) is 0.167. The van der Waals surface area contributed by atoms with Crippen LogP contribution in [0.25, 0.3) is 5.82 Å². The Hall–Kier alpha value is -4.25. The smallest absolute Gasteiger partial charge is 0.262 e. The normalized spacial score (nSPS) is 11.2. The van der Waals surface area contributed by atoms with Crippen LogP contribution in [0.15, 0.2) is 65.8 Å². The average Bonchev–Trinajstić information content (AvgIpc) is 3.20. The summed E-state index contributed by atoms with van der Waals surface area (Å²) in [6.45, 7) is 6.70. The molecule has 0 saturated heterocycles. The first kappa shape index (κ1) is 23.9. The van der Waals surface area contributed by atoms with Gasteiger partial charge in [-0.1, -0.05) is 0 Å². The molecule has 4 aromatic rings. The monoisotopic (exact) mass is 492 g/mol. The summed E-state index contributed by atoms with van der Waals surface area (Å²) in [4.78, 5) is 24.3. The maximum atomic E-state index is 12.9. The fourth-order valence-electron chi connectivity index (χ4n) is 3.47. The third-order valence-corrected chi connectivity index (χ3v) is 6.53. The van der Waals surface area contributed by atoms with E-state index < -0.39 is 10.0 Å². The molecule has 0 radical (unpaired) electrons. The number of amides is 1. The van der Waals surface area contributed by atoms with Gasteiger partial charge in [-0.25, -0.2) is 18.4 Å². The predicted molar refractivity (Wildman–Crippen MR) is 131 cm³/mol. The number of hydrogen-bond acceptors (Lipinski definition) is 7. The minimum Gasteiger partial charge on any atom is -0.439 e. The van der Waals surface area contributed by atoms with Crippen LogP contribution in [0.5, 0.6) is 11.6 Å². The fourth-order valence-corrected chi connectivity index (χ4v) is 4.76. The highest BCUT2D eigenvalue weighted by molar-refractivity contribution is 7.92. The topological polar surface area (TPSA) is 128 Å². The van der Waals surface area contributed by atoms with E-state index in [0.29, 0.717) is 40.2 Å². The summed E-state index contributed by atoms with van der Waals surface area (Å²) in [7, 11) is -3.83. The molecule has 11 heteroatoms. The summed E-state index contributed by atoms with van der Waals surface area (Å²) in [6.07, 6.45) is 3.49. The summed E-state index contributed by atoms with van der Waals surface area (Å²) < 4.78 is 36.0. The minimum atomic E-state index is -3.83. The van der Waals surface area contributed by atoms with Gasteiger partial charge in [0.1, 0.15) is 23.2 Å². The molecule has 0 atom stereocenters. The number of rotatable bonds is 7. The quantitative estimate of drug-likeness (QED) is 0.397. The first-order valence-corrected chi connectivity index (χ1v) is 12.1. The number of carbonyl (C=O) groups is 1. The molecule has 10 nitrogen and oxygen atoms in total. The van der Waals surface area contributed by atoms with Crippen LogP contribution in [0.1, 0.15) is 24.1 Å². The van der Waals surface area contributed by atoms with Gasteiger partial charge in [0.15, 0.2) is 0 Å². The second-order valence-corrected chi connectivity index (χ2v) is 9.50. The van der Waals surface area contributed by atoms with Crippen LogP contribution in [0.4, 0.5) is 11.4 Å². The van der Waals surface area contributed by atoms with Crippen molar-refractivity contribution in [1.82, 2.24) is 19.5 Å². The van der Waals surface area contributed by atoms with Crippen molar-refractivity contribution in [3.63, 3.8) is 0 Å². The van der Waals surface area contributed by atoms with Crippen molar-refractivity contribution < 1.29 is 17.9 Å². The van der Waals surface area contributed by atoms with Crippen molar-refractivity contribution in [2.75, 3.05) is 10.0 Å². The molecule has 0 bridgehead atoms. The molecular formula is C24H24N6O4S. The van der Waals surface area contributed by atoms with Crippen LogP contribution in [0.3, 0.4) is 0 Å². The van der Waals surface area contributed by atoms with Gasteiger partial charge < -0.3 is 10.1 Å². The first-order valence-electron chi connectivity index (χ1n) is 10.7. The Morgan fingerprint density at radius 2 is 1.69 bits per heavy atom. The van der Waals surface area contributed by atoms with Gasteiger partial charge in [0.2, 0.25) is 11.8 Å². The number of ether oxygens (including phenoxy) is 1. The van der Waals surface area contributed by atoms with Crippen molar-refractivity contribution in [3.8, 4) is 17.4 Å². The maximum Gasteiger partial charge on any atom is 0.262 e. The Labute approximate surface area is 203 Å². The van der Waals surface area contributed by atoms with Crippen LogP contribution in [-0.4, -0.2) is 33.8 Å². The van der Waals surface area contributed by atoms with E-state index in [0.717, 1.165) is 5.82 Å². The number of nitrogens with zero attached hydrogens (tertiary/aromatic N) is 4. The third-order valence-electron chi connectivity index (χ3n) is 4.99. The van der Waals surface area contributed by atoms with E-state index >= 15 is 0 Å². The van der Waals surface area contributed by atoms with E-state index in [-0.39, 0.29) is 10.8 Å². The van der Waals surface area contributed by atoms with E-state index in [2.05, 4.69) is 25.0 Å². The molecule has 180 valence electrons. The van der Waals surface area contributed by atoms with E-state index in [1.807, 2.05) is 11.5 Å². The number of sulfonamides is 1. The number of nitrogens with one attached hydrogen (secondary N) is 2. The molecule has 1 amide bonds. The van der Waals surface area contributed by atoms with Gasteiger partial charge in [-0.05, 0) is 68.8 Å². The van der Waals surface area contributed by atoms with E-state index in [4.69, 9.17) is 4.74 Å². The predicted octanol–water partition coefficient (Wildman–Crippen LogP) is 4.14. The number of anilines is 2. The highest BCUT2D eigenvalue weighted by Gasteiger charge is 2.18. The molecule has 2 aromatic carbocycles. The largest absolute Gasteiger partial charge is 0.439 e. The van der Waals surface area contributed by atoms with Crippen LogP contribution >= 0.6 is 0 Å². The standard InChI is InChI=1S/C24H24N6O4S/c1-15-13-20(28-18(4)31)7-10-22(15)35(32,33)29-19-5-8-21(9-6-19)34-24-14-23(26-16(2)27-24)30-12-11-25-17(30)3/h5-14,29H,1-4H3,(H,28,31). The van der Waals surface area contributed by atoms with Gasteiger partial charge in [0, 0.05) is 36.8 Å². The van der Waals surface area contributed by atoms with Gasteiger partial charge in [-0.2, -0.15) is 4.98 Å². The van der Waals surface area contributed by atoms with Crippen molar-refractivity contribution in [2.45, 2.75) is 32.6 Å². The van der Waals surface area contributed by atoms with Crippen LogP contribution < -0.4 is 14.8 Å². The number of aromatic nitrogens is 4. The molecule has 0 unspecified atom stereocenters. The lowest BCUT2D eigenvalue weighted by molar-refractivity contribution is -0.114. The maximum absolute atomic E-state index is 12.9. The van der Waals surface area contributed by atoms with E-state index in [1.165, 1.54) is 13.0 Å². The highest BCUT2D eigenvalue weighted by Crippen LogP contribution is 2.26. The SMILES string of the molecule is CC(=O)Nc1ccc(S(=O)(=O)Nc2ccc(Oc3cc(-n4ccnc4C)nc(C)n3)cc2)c(C)c1. The van der Waals surface area contributed by atoms with Gasteiger partial charge >= 0.3 is 0 Å². The van der Waals surface area contributed by atoms with Gasteiger partial charge in [-0.3, -0.25) is 14.1 Å². The Morgan fingerprint density at radius 3 is 2.31 bits per heavy atom. The van der Waals surface area contributed by atoms with Crippen molar-refractivity contribution in [1.29, 1.82) is 0 Å². The molecule has 0 fully saturated rings. The average molecular weight is 493 g/mol. The molecule has 0 saturated carbocycles. The molecule has 2 N–H and O–H groups in total. The summed E-state index contributed by atoms with van der Waals surface area (Å²) >= 11 is 0. The van der Waals surface area contributed by atoms with Crippen molar-refractivity contribution in [2.24, 2.45) is 0 Å². The molecular weight excluding hydrogens is 468 g/mol. The Bertz CT molecular complexity index is 1500. The Morgan fingerprint density at radius 1 is 0.971 bits per heavy atom. The van der Waals surface area contributed by atoms with E-state index in [9.17, 15) is 13.2 Å². The lowest BCUT2D eigenvalue weighted by Crippen LogP contribution is -2.14. The first-order chi connectivity index (χ1) is 16.6. The van der Waals surface area contributed by atoms with Crippen LogP contribution in [0.2, 0.25) is 0 Å². The number of benzene rings is 2. The van der Waals surface area contributed by atoms with Crippen molar-refractivity contribution >= 4 is 27.3 Å². The molecule has 0 aliphatic heterocycles. The minimum absolute atomic E-state index is 0.116. The van der Waals surface area contributed by atoms with Gasteiger partial charge in [0.05, 0.1) is 4.90 Å². The van der Waals surface area contributed by atoms with Crippen LogP contribution in [-0.2, 0) is 14.8 Å². The Balaban J connectivity index is 1.49.